The Bertz CT molecular complexity index is 971. The van der Waals surface area contributed by atoms with E-state index in [2.05, 4.69) is 10.4 Å². The molecular formula is C23H26N4O3. The molecule has 3 rings (SSSR count). The molecule has 0 radical (unpaired) electrons. The number of ketones is 1. The summed E-state index contributed by atoms with van der Waals surface area (Å²) < 4.78 is 0. The van der Waals surface area contributed by atoms with Crippen LogP contribution in [0.15, 0.2) is 59.7 Å². The van der Waals surface area contributed by atoms with Crippen LogP contribution in [0.3, 0.4) is 0 Å². The molecule has 0 aromatic heterocycles. The SMILES string of the molecule is CCN(Cc1ccccc1NC(=O)C1=NN(c2ccccc2)C(C(C)=O)C1)C(C)=O. The van der Waals surface area contributed by atoms with Crippen LogP contribution in [0, 0.1) is 0 Å². The van der Waals surface area contributed by atoms with Crippen LogP contribution in [0.25, 0.3) is 0 Å². The van der Waals surface area contributed by atoms with E-state index in [9.17, 15) is 14.4 Å². The molecule has 1 unspecified atom stereocenters. The average Bonchev–Trinajstić information content (AvgIpc) is 3.19. The van der Waals surface area contributed by atoms with Crippen molar-refractivity contribution < 1.29 is 14.4 Å². The number of amides is 2. The van der Waals surface area contributed by atoms with Crippen molar-refractivity contribution in [2.75, 3.05) is 16.9 Å². The Kier molecular flexibility index (Phi) is 6.61. The lowest BCUT2D eigenvalue weighted by molar-refractivity contribution is -0.129. The van der Waals surface area contributed by atoms with Gasteiger partial charge in [-0.2, -0.15) is 5.10 Å². The number of carbonyl (C=O) groups excluding carboxylic acids is 3. The summed E-state index contributed by atoms with van der Waals surface area (Å²) in [5.74, 6) is -0.426. The molecule has 1 atom stereocenters. The first-order valence-electron chi connectivity index (χ1n) is 9.97. The number of nitrogens with zero attached hydrogens (tertiary/aromatic N) is 3. The molecule has 0 saturated carbocycles. The molecule has 0 aliphatic carbocycles. The predicted molar refractivity (Wildman–Crippen MR) is 117 cm³/mol. The summed E-state index contributed by atoms with van der Waals surface area (Å²) in [4.78, 5) is 38.6. The van der Waals surface area contributed by atoms with Gasteiger partial charge in [-0.25, -0.2) is 0 Å². The minimum absolute atomic E-state index is 0.0263. The van der Waals surface area contributed by atoms with Crippen molar-refractivity contribution in [1.29, 1.82) is 0 Å². The number of carbonyl (C=O) groups is 3. The number of rotatable bonds is 7. The summed E-state index contributed by atoms with van der Waals surface area (Å²) in [6, 6.07) is 16.2. The number of benzene rings is 2. The van der Waals surface area contributed by atoms with Crippen LogP contribution in [0.1, 0.15) is 32.8 Å². The smallest absolute Gasteiger partial charge is 0.271 e. The number of anilines is 2. The van der Waals surface area contributed by atoms with E-state index >= 15 is 0 Å². The van der Waals surface area contributed by atoms with Crippen molar-refractivity contribution in [3.05, 3.63) is 60.2 Å². The highest BCUT2D eigenvalue weighted by molar-refractivity contribution is 6.44. The fraction of sp³-hybridized carbons (Fsp3) is 0.304. The molecule has 7 heteroatoms. The normalized spacial score (nSPS) is 15.5. The molecule has 2 aromatic carbocycles. The molecular weight excluding hydrogens is 380 g/mol. The van der Waals surface area contributed by atoms with Gasteiger partial charge in [0.2, 0.25) is 5.91 Å². The summed E-state index contributed by atoms with van der Waals surface area (Å²) in [7, 11) is 0. The first-order chi connectivity index (χ1) is 14.4. The second kappa shape index (κ2) is 9.35. The maximum absolute atomic E-state index is 12.9. The minimum Gasteiger partial charge on any atom is -0.339 e. The third-order valence-corrected chi connectivity index (χ3v) is 5.12. The second-order valence-corrected chi connectivity index (χ2v) is 7.20. The molecule has 7 nitrogen and oxygen atoms in total. The van der Waals surface area contributed by atoms with E-state index < -0.39 is 6.04 Å². The Labute approximate surface area is 176 Å². The molecule has 1 aliphatic rings. The van der Waals surface area contributed by atoms with Gasteiger partial charge >= 0.3 is 0 Å². The van der Waals surface area contributed by atoms with Gasteiger partial charge in [0.15, 0.2) is 5.78 Å². The summed E-state index contributed by atoms with van der Waals surface area (Å²) in [6.45, 7) is 5.93. The maximum Gasteiger partial charge on any atom is 0.271 e. The Morgan fingerprint density at radius 3 is 2.37 bits per heavy atom. The van der Waals surface area contributed by atoms with Crippen LogP contribution in [0.4, 0.5) is 11.4 Å². The van der Waals surface area contributed by atoms with Gasteiger partial charge in [-0.05, 0) is 37.6 Å². The first kappa shape index (κ1) is 21.2. The van der Waals surface area contributed by atoms with Gasteiger partial charge in [0.05, 0.1) is 5.69 Å². The van der Waals surface area contributed by atoms with Gasteiger partial charge < -0.3 is 10.2 Å². The Hall–Kier alpha value is -3.48. The summed E-state index contributed by atoms with van der Waals surface area (Å²) >= 11 is 0. The summed E-state index contributed by atoms with van der Waals surface area (Å²) in [5, 5.41) is 8.96. The molecule has 1 N–H and O–H groups in total. The second-order valence-electron chi connectivity index (χ2n) is 7.20. The molecule has 1 aliphatic heterocycles. The third-order valence-electron chi connectivity index (χ3n) is 5.12. The highest BCUT2D eigenvalue weighted by Gasteiger charge is 2.34. The standard InChI is InChI=1S/C23H26N4O3/c1-4-26(17(3)29)15-18-10-8-9-13-20(18)24-23(30)21-14-22(16(2)28)27(25-21)19-11-6-5-7-12-19/h5-13,22H,4,14-15H2,1-3H3,(H,24,30). The van der Waals surface area contributed by atoms with Crippen LogP contribution < -0.4 is 10.3 Å². The Morgan fingerprint density at radius 2 is 1.73 bits per heavy atom. The molecule has 156 valence electrons. The summed E-state index contributed by atoms with van der Waals surface area (Å²) in [6.07, 6.45) is 0.243. The van der Waals surface area contributed by atoms with Crippen LogP contribution >= 0.6 is 0 Å². The van der Waals surface area contributed by atoms with Crippen LogP contribution in [0.2, 0.25) is 0 Å². The van der Waals surface area contributed by atoms with Crippen LogP contribution in [0.5, 0.6) is 0 Å². The topological polar surface area (TPSA) is 82.1 Å². The zero-order valence-electron chi connectivity index (χ0n) is 17.5. The zero-order chi connectivity index (χ0) is 21.7. The molecule has 0 fully saturated rings. The van der Waals surface area contributed by atoms with E-state index in [1.165, 1.54) is 13.8 Å². The van der Waals surface area contributed by atoms with Crippen molar-refractivity contribution in [2.24, 2.45) is 5.10 Å². The lowest BCUT2D eigenvalue weighted by Gasteiger charge is -2.21. The lowest BCUT2D eigenvalue weighted by atomic mass is 10.1. The van der Waals surface area contributed by atoms with E-state index in [0.717, 1.165) is 11.3 Å². The minimum atomic E-state index is -0.503. The van der Waals surface area contributed by atoms with Crippen LogP contribution in [-0.2, 0) is 20.9 Å². The van der Waals surface area contributed by atoms with E-state index in [-0.39, 0.29) is 24.0 Å². The van der Waals surface area contributed by atoms with E-state index in [0.29, 0.717) is 24.5 Å². The molecule has 0 bridgehead atoms. The number of hydrazone groups is 1. The van der Waals surface area contributed by atoms with Crippen molar-refractivity contribution >= 4 is 34.7 Å². The molecule has 30 heavy (non-hydrogen) atoms. The number of hydrogen-bond donors (Lipinski definition) is 1. The third kappa shape index (κ3) is 4.74. The number of hydrogen-bond acceptors (Lipinski definition) is 5. The molecule has 2 amide bonds. The van der Waals surface area contributed by atoms with Crippen LogP contribution in [-0.4, -0.2) is 40.8 Å². The number of nitrogens with one attached hydrogen (secondary N) is 1. The zero-order valence-corrected chi connectivity index (χ0v) is 17.5. The van der Waals surface area contributed by atoms with Gasteiger partial charge in [-0.1, -0.05) is 36.4 Å². The Morgan fingerprint density at radius 1 is 1.07 bits per heavy atom. The molecule has 0 saturated heterocycles. The largest absolute Gasteiger partial charge is 0.339 e. The first-order valence-corrected chi connectivity index (χ1v) is 9.97. The van der Waals surface area contributed by atoms with E-state index in [1.54, 1.807) is 16.0 Å². The van der Waals surface area contributed by atoms with E-state index in [1.807, 2.05) is 55.5 Å². The molecule has 1 heterocycles. The number of para-hydroxylation sites is 2. The fourth-order valence-electron chi connectivity index (χ4n) is 3.41. The van der Waals surface area contributed by atoms with Crippen molar-refractivity contribution in [3.8, 4) is 0 Å². The molecule has 0 spiro atoms. The summed E-state index contributed by atoms with van der Waals surface area (Å²) in [5.41, 5.74) is 2.53. The van der Waals surface area contributed by atoms with Crippen molar-refractivity contribution in [1.82, 2.24) is 4.90 Å². The van der Waals surface area contributed by atoms with Gasteiger partial charge in [0.25, 0.3) is 5.91 Å². The number of Topliss-reactive ketones (excluding diaryl/α,β-unsaturated/α-hetero) is 1. The lowest BCUT2D eigenvalue weighted by Crippen LogP contribution is -2.33. The monoisotopic (exact) mass is 406 g/mol. The van der Waals surface area contributed by atoms with Crippen molar-refractivity contribution in [3.63, 3.8) is 0 Å². The van der Waals surface area contributed by atoms with Gasteiger partial charge in [-0.15, -0.1) is 0 Å². The molecule has 2 aromatic rings. The highest BCUT2D eigenvalue weighted by atomic mass is 16.2. The average molecular weight is 406 g/mol. The highest BCUT2D eigenvalue weighted by Crippen LogP contribution is 2.26. The van der Waals surface area contributed by atoms with Crippen molar-refractivity contribution in [2.45, 2.75) is 39.8 Å². The fourth-order valence-corrected chi connectivity index (χ4v) is 3.41. The maximum atomic E-state index is 12.9. The van der Waals surface area contributed by atoms with Gasteiger partial charge in [-0.3, -0.25) is 19.4 Å². The Balaban J connectivity index is 1.81. The van der Waals surface area contributed by atoms with Gasteiger partial charge in [0, 0.05) is 32.1 Å². The van der Waals surface area contributed by atoms with E-state index in [4.69, 9.17) is 0 Å². The quantitative estimate of drug-likeness (QED) is 0.765. The predicted octanol–water partition coefficient (Wildman–Crippen LogP) is 3.22. The van der Waals surface area contributed by atoms with Gasteiger partial charge in [0.1, 0.15) is 11.8 Å².